The Bertz CT molecular complexity index is 721. The van der Waals surface area contributed by atoms with Gasteiger partial charge in [0.15, 0.2) is 14.1 Å². The molecule has 0 saturated carbocycles. The van der Waals surface area contributed by atoms with E-state index in [2.05, 4.69) is 33.9 Å². The van der Waals surface area contributed by atoms with Crippen LogP contribution in [0.3, 0.4) is 0 Å². The van der Waals surface area contributed by atoms with Gasteiger partial charge in [-0.1, -0.05) is 39.0 Å². The summed E-state index contributed by atoms with van der Waals surface area (Å²) < 4.78 is 37.3. The Balaban J connectivity index is 2.24. The van der Waals surface area contributed by atoms with Gasteiger partial charge >= 0.3 is 0 Å². The highest BCUT2D eigenvalue weighted by molar-refractivity contribution is 7.93. The summed E-state index contributed by atoms with van der Waals surface area (Å²) in [5.74, 6) is -0.504. The summed E-state index contributed by atoms with van der Waals surface area (Å²) >= 11 is 0. The van der Waals surface area contributed by atoms with Crippen LogP contribution >= 0.6 is 0 Å². The molecule has 134 valence electrons. The van der Waals surface area contributed by atoms with Crippen LogP contribution in [0, 0.1) is 0 Å². The second kappa shape index (κ2) is 6.05. The second-order valence-electron chi connectivity index (χ2n) is 7.72. The third kappa shape index (κ3) is 3.10. The Morgan fingerprint density at radius 1 is 1.25 bits per heavy atom. The molecule has 0 amide bonds. The highest BCUT2D eigenvalue weighted by atomic mass is 32.2. The molecule has 7 heteroatoms. The molecule has 1 aliphatic heterocycles. The molecule has 0 unspecified atom stereocenters. The minimum absolute atomic E-state index is 0.000914. The largest absolute Gasteiger partial charge is 0.414 e. The molecule has 1 aliphatic rings. The van der Waals surface area contributed by atoms with Crippen molar-refractivity contribution in [3.8, 4) is 0 Å². The van der Waals surface area contributed by atoms with Crippen LogP contribution in [0.2, 0.25) is 18.1 Å². The molecule has 1 heterocycles. The molecule has 1 saturated heterocycles. The van der Waals surface area contributed by atoms with E-state index in [4.69, 9.17) is 9.16 Å². The fourth-order valence-corrected chi connectivity index (χ4v) is 5.23. The van der Waals surface area contributed by atoms with Crippen LogP contribution < -0.4 is 0 Å². The maximum absolute atomic E-state index is 12.9. The van der Waals surface area contributed by atoms with Gasteiger partial charge in [-0.15, -0.1) is 0 Å². The van der Waals surface area contributed by atoms with E-state index >= 15 is 0 Å². The molecule has 1 aromatic rings. The number of sulfone groups is 1. The van der Waals surface area contributed by atoms with Crippen molar-refractivity contribution < 1.29 is 22.4 Å². The van der Waals surface area contributed by atoms with E-state index in [1.165, 1.54) is 19.1 Å². The number of ketones is 1. The normalized spacial score (nSPS) is 24.7. The first-order chi connectivity index (χ1) is 10.9. The first kappa shape index (κ1) is 19.3. The Morgan fingerprint density at radius 3 is 2.25 bits per heavy atom. The van der Waals surface area contributed by atoms with Crippen LogP contribution in [0.25, 0.3) is 0 Å². The van der Waals surface area contributed by atoms with Crippen LogP contribution in [0.5, 0.6) is 0 Å². The summed E-state index contributed by atoms with van der Waals surface area (Å²) in [4.78, 5) is 10.4. The average Bonchev–Trinajstić information content (AvgIpc) is 3.21. The van der Waals surface area contributed by atoms with Gasteiger partial charge in [0.25, 0.3) is 4.93 Å². The van der Waals surface area contributed by atoms with Crippen molar-refractivity contribution in [3.05, 3.63) is 30.3 Å². The minimum atomic E-state index is -3.92. The van der Waals surface area contributed by atoms with Gasteiger partial charge in [0.05, 0.1) is 11.5 Å². The van der Waals surface area contributed by atoms with Gasteiger partial charge in [-0.05, 0) is 37.2 Å². The number of Topliss-reactive ketones (excluding diaryl/α,β-unsaturated/α-hetero) is 1. The summed E-state index contributed by atoms with van der Waals surface area (Å²) in [5.41, 5.74) is 0. The summed E-state index contributed by atoms with van der Waals surface area (Å²) in [6.45, 7) is 11.8. The number of epoxide rings is 1. The SMILES string of the molecule is CC(=O)[C@]1(S(=O)(=O)c2ccccc2)O[C@@H]1CO[Si](C)(C)C(C)(C)C. The molecule has 0 radical (unpaired) electrons. The van der Waals surface area contributed by atoms with Gasteiger partial charge in [0.1, 0.15) is 6.10 Å². The van der Waals surface area contributed by atoms with Gasteiger partial charge in [0, 0.05) is 0 Å². The smallest absolute Gasteiger partial charge is 0.260 e. The zero-order chi connectivity index (χ0) is 18.4. The van der Waals surface area contributed by atoms with Crippen molar-refractivity contribution in [2.75, 3.05) is 6.61 Å². The molecule has 1 aromatic carbocycles. The number of benzene rings is 1. The van der Waals surface area contributed by atoms with Crippen LogP contribution in [-0.2, 0) is 23.8 Å². The molecule has 0 aromatic heterocycles. The highest BCUT2D eigenvalue weighted by Crippen LogP contribution is 2.47. The molecule has 1 fully saturated rings. The number of hydrogen-bond donors (Lipinski definition) is 0. The summed E-state index contributed by atoms with van der Waals surface area (Å²) in [5, 5.41) is -0.000914. The Labute approximate surface area is 145 Å². The van der Waals surface area contributed by atoms with Crippen LogP contribution in [0.4, 0.5) is 0 Å². The molecule has 2 atom stereocenters. The van der Waals surface area contributed by atoms with Gasteiger partial charge in [-0.25, -0.2) is 8.42 Å². The van der Waals surface area contributed by atoms with Crippen LogP contribution in [-0.4, -0.2) is 40.2 Å². The van der Waals surface area contributed by atoms with Crippen LogP contribution in [0.15, 0.2) is 35.2 Å². The van der Waals surface area contributed by atoms with Gasteiger partial charge in [-0.3, -0.25) is 4.79 Å². The molecular formula is C17H26O5SSi. The maximum Gasteiger partial charge on any atom is 0.260 e. The van der Waals surface area contributed by atoms with Gasteiger partial charge < -0.3 is 9.16 Å². The van der Waals surface area contributed by atoms with Crippen molar-refractivity contribution in [2.24, 2.45) is 0 Å². The molecule has 0 bridgehead atoms. The minimum Gasteiger partial charge on any atom is -0.414 e. The summed E-state index contributed by atoms with van der Waals surface area (Å²) in [7, 11) is -5.96. The van der Waals surface area contributed by atoms with E-state index in [0.717, 1.165) is 0 Å². The molecule has 0 N–H and O–H groups in total. The first-order valence-electron chi connectivity index (χ1n) is 7.99. The number of hydrogen-bond acceptors (Lipinski definition) is 5. The Hall–Kier alpha value is -1.02. The fourth-order valence-electron chi connectivity index (χ4n) is 2.33. The Kier molecular flexibility index (Phi) is 4.87. The van der Waals surface area contributed by atoms with E-state index < -0.39 is 35.0 Å². The second-order valence-corrected chi connectivity index (χ2v) is 14.6. The summed E-state index contributed by atoms with van der Waals surface area (Å²) in [6.07, 6.45) is -0.755. The van der Waals surface area contributed by atoms with Crippen molar-refractivity contribution in [1.82, 2.24) is 0 Å². The van der Waals surface area contributed by atoms with E-state index in [1.54, 1.807) is 18.2 Å². The number of carbonyl (C=O) groups is 1. The van der Waals surface area contributed by atoms with E-state index in [0.29, 0.717) is 0 Å². The van der Waals surface area contributed by atoms with Gasteiger partial charge in [-0.2, -0.15) is 0 Å². The number of carbonyl (C=O) groups excluding carboxylic acids is 1. The predicted molar refractivity (Wildman–Crippen MR) is 95.1 cm³/mol. The highest BCUT2D eigenvalue weighted by Gasteiger charge is 2.70. The monoisotopic (exact) mass is 370 g/mol. The maximum atomic E-state index is 12.9. The van der Waals surface area contributed by atoms with Crippen molar-refractivity contribution in [2.45, 2.75) is 61.8 Å². The third-order valence-corrected chi connectivity index (χ3v) is 11.9. The van der Waals surface area contributed by atoms with Crippen LogP contribution in [0.1, 0.15) is 27.7 Å². The molecular weight excluding hydrogens is 344 g/mol. The third-order valence-electron chi connectivity index (χ3n) is 5.03. The van der Waals surface area contributed by atoms with Gasteiger partial charge in [0.2, 0.25) is 9.84 Å². The van der Waals surface area contributed by atoms with E-state index in [-0.39, 0.29) is 16.5 Å². The standard InChI is InChI=1S/C17H26O5SSi/c1-13(18)17(23(19,20)14-10-8-7-9-11-14)15(22-17)12-21-24(5,6)16(2,3)4/h7-11,15H,12H2,1-6H3/t15-,17-/m1/s1. The van der Waals surface area contributed by atoms with E-state index in [9.17, 15) is 13.2 Å². The lowest BCUT2D eigenvalue weighted by Crippen LogP contribution is -2.43. The lowest BCUT2D eigenvalue weighted by molar-refractivity contribution is -0.119. The molecule has 2 rings (SSSR count). The fraction of sp³-hybridized carbons (Fsp3) is 0.588. The lowest BCUT2D eigenvalue weighted by Gasteiger charge is -2.36. The van der Waals surface area contributed by atoms with Crippen molar-refractivity contribution >= 4 is 23.9 Å². The number of rotatable bonds is 6. The predicted octanol–water partition coefficient (Wildman–Crippen LogP) is 3.17. The lowest BCUT2D eigenvalue weighted by atomic mass is 10.2. The number of ether oxygens (including phenoxy) is 1. The van der Waals surface area contributed by atoms with Crippen molar-refractivity contribution in [3.63, 3.8) is 0 Å². The molecule has 5 nitrogen and oxygen atoms in total. The topological polar surface area (TPSA) is 73.0 Å². The molecule has 24 heavy (non-hydrogen) atoms. The molecule has 0 aliphatic carbocycles. The Morgan fingerprint density at radius 2 is 1.79 bits per heavy atom. The zero-order valence-electron chi connectivity index (χ0n) is 15.1. The quantitative estimate of drug-likeness (QED) is 0.568. The summed E-state index contributed by atoms with van der Waals surface area (Å²) in [6, 6.07) is 7.95. The van der Waals surface area contributed by atoms with E-state index in [1.807, 2.05) is 0 Å². The zero-order valence-corrected chi connectivity index (χ0v) is 16.9. The first-order valence-corrected chi connectivity index (χ1v) is 12.4. The molecule has 0 spiro atoms. The average molecular weight is 371 g/mol. The van der Waals surface area contributed by atoms with Crippen molar-refractivity contribution in [1.29, 1.82) is 0 Å².